The Morgan fingerprint density at radius 3 is 3.07 bits per heavy atom. The van der Waals surface area contributed by atoms with Crippen molar-refractivity contribution in [2.24, 2.45) is 11.7 Å². The number of amides is 1. The zero-order valence-corrected chi connectivity index (χ0v) is 8.95. The Kier molecular flexibility index (Phi) is 3.43. The molecule has 2 saturated heterocycles. The number of hydrogen-bond donors (Lipinski definition) is 2. The number of ether oxygens (including phenoxy) is 1. The molecule has 3 N–H and O–H groups in total. The first-order chi connectivity index (χ1) is 7.29. The normalized spacial score (nSPS) is 31.8. The first kappa shape index (κ1) is 10.7. The highest BCUT2D eigenvalue weighted by atomic mass is 16.6. The first-order valence-electron chi connectivity index (χ1n) is 5.66. The number of hydrogen-bond acceptors (Lipinski definition) is 4. The number of nitrogens with zero attached hydrogens (tertiary/aromatic N) is 1. The Morgan fingerprint density at radius 2 is 2.47 bits per heavy atom. The molecule has 0 radical (unpaired) electrons. The van der Waals surface area contributed by atoms with Gasteiger partial charge in [-0.25, -0.2) is 4.79 Å². The fourth-order valence-electron chi connectivity index (χ4n) is 2.24. The molecule has 0 aromatic rings. The summed E-state index contributed by atoms with van der Waals surface area (Å²) in [7, 11) is 0. The number of piperidine rings is 1. The summed E-state index contributed by atoms with van der Waals surface area (Å²) >= 11 is 0. The van der Waals surface area contributed by atoms with Crippen LogP contribution in [0, 0.1) is 5.92 Å². The van der Waals surface area contributed by atoms with Gasteiger partial charge in [-0.1, -0.05) is 0 Å². The average molecular weight is 213 g/mol. The molecule has 15 heavy (non-hydrogen) atoms. The van der Waals surface area contributed by atoms with E-state index in [9.17, 15) is 4.79 Å². The fraction of sp³-hybridized carbons (Fsp3) is 0.900. The molecule has 0 spiro atoms. The molecule has 86 valence electrons. The maximum Gasteiger partial charge on any atom is 0.410 e. The van der Waals surface area contributed by atoms with Crippen molar-refractivity contribution < 1.29 is 9.53 Å². The molecule has 0 aliphatic carbocycles. The van der Waals surface area contributed by atoms with E-state index in [4.69, 9.17) is 10.5 Å². The first-order valence-corrected chi connectivity index (χ1v) is 5.66. The Labute approximate surface area is 89.9 Å². The van der Waals surface area contributed by atoms with E-state index in [1.165, 1.54) is 12.8 Å². The number of nitrogens with one attached hydrogen (secondary N) is 1. The molecule has 2 aliphatic rings. The van der Waals surface area contributed by atoms with Crippen LogP contribution in [0.15, 0.2) is 0 Å². The number of rotatable bonds is 3. The van der Waals surface area contributed by atoms with Gasteiger partial charge in [-0.3, -0.25) is 0 Å². The van der Waals surface area contributed by atoms with Crippen LogP contribution in [0.3, 0.4) is 0 Å². The van der Waals surface area contributed by atoms with Crippen molar-refractivity contribution in [3.8, 4) is 0 Å². The van der Waals surface area contributed by atoms with Crippen molar-refractivity contribution in [1.29, 1.82) is 0 Å². The lowest BCUT2D eigenvalue weighted by Crippen LogP contribution is -2.39. The van der Waals surface area contributed by atoms with Crippen molar-refractivity contribution in [2.45, 2.75) is 18.9 Å². The Balaban J connectivity index is 1.81. The topological polar surface area (TPSA) is 67.6 Å². The molecule has 5 heteroatoms. The Morgan fingerprint density at radius 1 is 1.60 bits per heavy atom. The lowest BCUT2D eigenvalue weighted by molar-refractivity contribution is 0.132. The summed E-state index contributed by atoms with van der Waals surface area (Å²) in [4.78, 5) is 13.2. The molecular formula is C10H19N3O2. The highest BCUT2D eigenvalue weighted by Gasteiger charge is 2.31. The number of nitrogens with two attached hydrogens (primary N) is 1. The summed E-state index contributed by atoms with van der Waals surface area (Å²) in [6, 6.07) is 0. The van der Waals surface area contributed by atoms with Crippen LogP contribution >= 0.6 is 0 Å². The van der Waals surface area contributed by atoms with Crippen LogP contribution in [0.5, 0.6) is 0 Å². The van der Waals surface area contributed by atoms with Crippen molar-refractivity contribution in [2.75, 3.05) is 32.7 Å². The molecule has 2 fully saturated rings. The van der Waals surface area contributed by atoms with Crippen LogP contribution in [0.4, 0.5) is 4.79 Å². The van der Waals surface area contributed by atoms with E-state index in [-0.39, 0.29) is 12.2 Å². The Hall–Kier alpha value is -0.810. The summed E-state index contributed by atoms with van der Waals surface area (Å²) in [6.07, 6.45) is 2.10. The van der Waals surface area contributed by atoms with Crippen LogP contribution in [-0.2, 0) is 4.74 Å². The van der Waals surface area contributed by atoms with Gasteiger partial charge in [0.2, 0.25) is 0 Å². The monoisotopic (exact) mass is 213 g/mol. The van der Waals surface area contributed by atoms with Crippen LogP contribution in [0.1, 0.15) is 12.8 Å². The quantitative estimate of drug-likeness (QED) is 0.679. The smallest absolute Gasteiger partial charge is 0.410 e. The largest absolute Gasteiger partial charge is 0.443 e. The molecular weight excluding hydrogens is 194 g/mol. The van der Waals surface area contributed by atoms with Crippen LogP contribution in [-0.4, -0.2) is 49.8 Å². The van der Waals surface area contributed by atoms with Crippen LogP contribution in [0.25, 0.3) is 0 Å². The van der Waals surface area contributed by atoms with Gasteiger partial charge in [0, 0.05) is 13.1 Å². The number of carbonyl (C=O) groups is 1. The minimum atomic E-state index is -0.198. The van der Waals surface area contributed by atoms with Crippen LogP contribution < -0.4 is 11.1 Å². The third-order valence-corrected chi connectivity index (χ3v) is 3.09. The van der Waals surface area contributed by atoms with E-state index in [2.05, 4.69) is 5.32 Å². The molecule has 2 atom stereocenters. The van der Waals surface area contributed by atoms with Crippen LogP contribution in [0.2, 0.25) is 0 Å². The maximum absolute atomic E-state index is 11.4. The minimum Gasteiger partial charge on any atom is -0.443 e. The van der Waals surface area contributed by atoms with Crippen molar-refractivity contribution >= 4 is 6.09 Å². The van der Waals surface area contributed by atoms with Gasteiger partial charge in [0.25, 0.3) is 0 Å². The summed E-state index contributed by atoms with van der Waals surface area (Å²) in [6.45, 7) is 4.00. The second kappa shape index (κ2) is 4.81. The molecule has 1 amide bonds. The summed E-state index contributed by atoms with van der Waals surface area (Å²) in [5, 5.41) is 3.35. The highest BCUT2D eigenvalue weighted by Crippen LogP contribution is 2.16. The standard InChI is InChI=1S/C10H19N3O2/c11-4-9-7-13(10(14)15-9)6-8-2-1-3-12-5-8/h8-9,12H,1-7,11H2/t8?,9-/m0/s1. The predicted octanol–water partition coefficient (Wildman–Crippen LogP) is -0.234. The summed E-state index contributed by atoms with van der Waals surface area (Å²) in [5.74, 6) is 0.572. The molecule has 0 saturated carbocycles. The molecule has 0 aromatic carbocycles. The summed E-state index contributed by atoms with van der Waals surface area (Å²) < 4.78 is 5.11. The molecule has 0 bridgehead atoms. The van der Waals surface area contributed by atoms with Gasteiger partial charge in [0.15, 0.2) is 0 Å². The molecule has 5 nitrogen and oxygen atoms in total. The Bertz CT molecular complexity index is 229. The van der Waals surface area contributed by atoms with Gasteiger partial charge >= 0.3 is 6.09 Å². The lowest BCUT2D eigenvalue weighted by Gasteiger charge is -2.26. The molecule has 2 rings (SSSR count). The average Bonchev–Trinajstić information content (AvgIpc) is 2.61. The third-order valence-electron chi connectivity index (χ3n) is 3.09. The zero-order valence-electron chi connectivity index (χ0n) is 8.95. The van der Waals surface area contributed by atoms with E-state index in [0.717, 1.165) is 19.6 Å². The van der Waals surface area contributed by atoms with Gasteiger partial charge in [-0.15, -0.1) is 0 Å². The van der Waals surface area contributed by atoms with Gasteiger partial charge in [0.1, 0.15) is 6.10 Å². The molecule has 2 heterocycles. The lowest BCUT2D eigenvalue weighted by atomic mass is 9.99. The SMILES string of the molecule is NC[C@H]1CN(CC2CCCNC2)C(=O)O1. The maximum atomic E-state index is 11.4. The number of cyclic esters (lactones) is 1. The van der Waals surface area contributed by atoms with E-state index >= 15 is 0 Å². The highest BCUT2D eigenvalue weighted by molar-refractivity contribution is 5.69. The van der Waals surface area contributed by atoms with E-state index < -0.39 is 0 Å². The summed E-state index contributed by atoms with van der Waals surface area (Å²) in [5.41, 5.74) is 5.48. The fourth-order valence-corrected chi connectivity index (χ4v) is 2.24. The zero-order chi connectivity index (χ0) is 10.7. The van der Waals surface area contributed by atoms with Gasteiger partial charge in [-0.2, -0.15) is 0 Å². The third kappa shape index (κ3) is 2.60. The van der Waals surface area contributed by atoms with Gasteiger partial charge < -0.3 is 20.7 Å². The predicted molar refractivity (Wildman–Crippen MR) is 56.5 cm³/mol. The minimum absolute atomic E-state index is 0.103. The van der Waals surface area contributed by atoms with E-state index in [0.29, 0.717) is 19.0 Å². The second-order valence-electron chi connectivity index (χ2n) is 4.36. The van der Waals surface area contributed by atoms with E-state index in [1.54, 1.807) is 4.90 Å². The van der Waals surface area contributed by atoms with Crippen molar-refractivity contribution in [3.05, 3.63) is 0 Å². The van der Waals surface area contributed by atoms with Gasteiger partial charge in [-0.05, 0) is 31.8 Å². The van der Waals surface area contributed by atoms with Crippen molar-refractivity contribution in [1.82, 2.24) is 10.2 Å². The molecule has 2 aliphatic heterocycles. The molecule has 0 aromatic heterocycles. The van der Waals surface area contributed by atoms with Gasteiger partial charge in [0.05, 0.1) is 6.54 Å². The molecule has 1 unspecified atom stereocenters. The number of carbonyl (C=O) groups excluding carboxylic acids is 1. The van der Waals surface area contributed by atoms with E-state index in [1.807, 2.05) is 0 Å². The van der Waals surface area contributed by atoms with Crippen molar-refractivity contribution in [3.63, 3.8) is 0 Å². The second-order valence-corrected chi connectivity index (χ2v) is 4.36.